The fourth-order valence-electron chi connectivity index (χ4n) is 4.30. The molecule has 9 nitrogen and oxygen atoms in total. The van der Waals surface area contributed by atoms with Gasteiger partial charge in [0.2, 0.25) is 11.6 Å². The lowest BCUT2D eigenvalue weighted by Crippen LogP contribution is -2.27. The summed E-state index contributed by atoms with van der Waals surface area (Å²) in [4.78, 5) is 34.4. The molecule has 0 aliphatic carbocycles. The van der Waals surface area contributed by atoms with Gasteiger partial charge in [0.15, 0.2) is 4.67 Å². The van der Waals surface area contributed by atoms with Gasteiger partial charge in [-0.15, -0.1) is 0 Å². The number of nitrogens with two attached hydrogens (primary N) is 1. The number of benzene rings is 3. The largest absolute Gasteiger partial charge is 0.438 e. The Morgan fingerprint density at radius 1 is 1.00 bits per heavy atom. The highest BCUT2D eigenvalue weighted by Gasteiger charge is 2.21. The SMILES string of the molecule is Nc1cccc(-c2c(Br)oc3ncnc(Oc4ccc(NC(=O)c5cccn(-c6ccc(F)cc6)c5=O)cc4)c23)c1. The molecule has 0 aliphatic heterocycles. The summed E-state index contributed by atoms with van der Waals surface area (Å²) in [5, 5.41) is 3.28. The van der Waals surface area contributed by atoms with Gasteiger partial charge in [0.25, 0.3) is 11.5 Å². The standard InChI is InChI=1S/C30H19BrFN5O4/c31-26-24(17-3-1-4-19(33)15-17)25-28(34-16-35-29(25)41-26)40-22-12-8-20(9-13-22)36-27(38)23-5-2-14-37(30(23)39)21-10-6-18(32)7-11-21/h1-16H,33H2,(H,36,38). The van der Waals surface area contributed by atoms with Crippen LogP contribution in [0.2, 0.25) is 0 Å². The van der Waals surface area contributed by atoms with Crippen LogP contribution in [0.5, 0.6) is 11.6 Å². The maximum atomic E-state index is 13.3. The van der Waals surface area contributed by atoms with Gasteiger partial charge >= 0.3 is 0 Å². The number of hydrogen-bond donors (Lipinski definition) is 2. The molecule has 3 aromatic heterocycles. The van der Waals surface area contributed by atoms with Crippen LogP contribution in [0, 0.1) is 5.82 Å². The Labute approximate surface area is 240 Å². The summed E-state index contributed by atoms with van der Waals surface area (Å²) < 4.78 is 26.9. The third kappa shape index (κ3) is 5.18. The van der Waals surface area contributed by atoms with E-state index in [4.69, 9.17) is 14.9 Å². The number of carbonyl (C=O) groups is 1. The molecule has 6 rings (SSSR count). The summed E-state index contributed by atoms with van der Waals surface area (Å²) in [6.07, 6.45) is 2.85. The van der Waals surface area contributed by atoms with E-state index in [9.17, 15) is 14.0 Å². The number of carbonyl (C=O) groups excluding carboxylic acids is 1. The number of anilines is 2. The summed E-state index contributed by atoms with van der Waals surface area (Å²) in [5.41, 5.74) is 8.68. The number of rotatable bonds is 6. The highest BCUT2D eigenvalue weighted by atomic mass is 79.9. The predicted octanol–water partition coefficient (Wildman–Crippen LogP) is 6.57. The summed E-state index contributed by atoms with van der Waals surface area (Å²) in [7, 11) is 0. The maximum absolute atomic E-state index is 13.3. The molecule has 41 heavy (non-hydrogen) atoms. The number of furan rings is 1. The fraction of sp³-hybridized carbons (Fsp3) is 0. The molecule has 0 aliphatic rings. The van der Waals surface area contributed by atoms with Crippen LogP contribution in [0.25, 0.3) is 27.9 Å². The van der Waals surface area contributed by atoms with Gasteiger partial charge in [-0.1, -0.05) is 12.1 Å². The van der Waals surface area contributed by atoms with Crippen LogP contribution in [0.4, 0.5) is 15.8 Å². The molecular formula is C30H19BrFN5O4. The number of aromatic nitrogens is 3. The Morgan fingerprint density at radius 2 is 1.78 bits per heavy atom. The molecule has 6 aromatic rings. The second-order valence-corrected chi connectivity index (χ2v) is 9.61. The van der Waals surface area contributed by atoms with Gasteiger partial charge in [0, 0.05) is 23.3 Å². The molecule has 0 bridgehead atoms. The second kappa shape index (κ2) is 10.7. The molecule has 3 aromatic carbocycles. The summed E-state index contributed by atoms with van der Waals surface area (Å²) in [6.45, 7) is 0. The molecule has 0 fully saturated rings. The van der Waals surface area contributed by atoms with Crippen LogP contribution >= 0.6 is 15.9 Å². The second-order valence-electron chi connectivity index (χ2n) is 8.89. The number of ether oxygens (including phenoxy) is 1. The van der Waals surface area contributed by atoms with Gasteiger partial charge in [-0.2, -0.15) is 0 Å². The molecule has 0 spiro atoms. The molecule has 3 N–H and O–H groups in total. The van der Waals surface area contributed by atoms with E-state index in [1.807, 2.05) is 18.2 Å². The van der Waals surface area contributed by atoms with E-state index in [-0.39, 0.29) is 11.4 Å². The van der Waals surface area contributed by atoms with E-state index in [2.05, 4.69) is 31.2 Å². The van der Waals surface area contributed by atoms with Gasteiger partial charge in [0.05, 0.1) is 5.56 Å². The highest BCUT2D eigenvalue weighted by Crippen LogP contribution is 2.42. The lowest BCUT2D eigenvalue weighted by atomic mass is 10.1. The van der Waals surface area contributed by atoms with Crippen molar-refractivity contribution in [3.05, 3.63) is 124 Å². The number of amides is 1. The van der Waals surface area contributed by atoms with Crippen molar-refractivity contribution in [3.8, 4) is 28.4 Å². The van der Waals surface area contributed by atoms with Crippen molar-refractivity contribution in [1.82, 2.24) is 14.5 Å². The minimum absolute atomic E-state index is 0.0693. The van der Waals surface area contributed by atoms with Crippen LogP contribution in [0.1, 0.15) is 10.4 Å². The van der Waals surface area contributed by atoms with Crippen molar-refractivity contribution in [1.29, 1.82) is 0 Å². The van der Waals surface area contributed by atoms with Crippen molar-refractivity contribution in [2.24, 2.45) is 0 Å². The van der Waals surface area contributed by atoms with Crippen molar-refractivity contribution >= 4 is 44.3 Å². The van der Waals surface area contributed by atoms with E-state index in [0.717, 1.165) is 5.56 Å². The number of pyridine rings is 1. The number of fused-ring (bicyclic) bond motifs is 1. The van der Waals surface area contributed by atoms with Crippen LogP contribution in [0.3, 0.4) is 0 Å². The lowest BCUT2D eigenvalue weighted by molar-refractivity contribution is 0.102. The Hall–Kier alpha value is -5.29. The van der Waals surface area contributed by atoms with Crippen LogP contribution in [-0.2, 0) is 0 Å². The van der Waals surface area contributed by atoms with E-state index in [1.54, 1.807) is 36.4 Å². The Bertz CT molecular complexity index is 1970. The van der Waals surface area contributed by atoms with E-state index >= 15 is 0 Å². The van der Waals surface area contributed by atoms with Crippen LogP contribution in [-0.4, -0.2) is 20.4 Å². The smallest absolute Gasteiger partial charge is 0.267 e. The first-order chi connectivity index (χ1) is 19.9. The number of nitrogens with zero attached hydrogens (tertiary/aromatic N) is 3. The average Bonchev–Trinajstić information content (AvgIpc) is 3.31. The van der Waals surface area contributed by atoms with Crippen molar-refractivity contribution < 1.29 is 18.3 Å². The lowest BCUT2D eigenvalue weighted by Gasteiger charge is -2.10. The molecule has 0 radical (unpaired) electrons. The van der Waals surface area contributed by atoms with Crippen LogP contribution < -0.4 is 21.3 Å². The molecule has 1 amide bonds. The molecule has 202 valence electrons. The van der Waals surface area contributed by atoms with Gasteiger partial charge < -0.3 is 20.2 Å². The van der Waals surface area contributed by atoms with E-state index in [1.165, 1.54) is 47.4 Å². The van der Waals surface area contributed by atoms with E-state index < -0.39 is 17.3 Å². The molecule has 0 saturated carbocycles. The normalized spacial score (nSPS) is 11.0. The highest BCUT2D eigenvalue weighted by molar-refractivity contribution is 9.10. The monoisotopic (exact) mass is 611 g/mol. The zero-order chi connectivity index (χ0) is 28.5. The Balaban J connectivity index is 1.24. The number of halogens is 2. The van der Waals surface area contributed by atoms with Crippen molar-refractivity contribution in [2.75, 3.05) is 11.1 Å². The molecule has 11 heteroatoms. The molecule has 0 atom stereocenters. The van der Waals surface area contributed by atoms with Gasteiger partial charge in [-0.25, -0.2) is 14.4 Å². The van der Waals surface area contributed by atoms with Crippen molar-refractivity contribution in [2.45, 2.75) is 0 Å². The molecular weight excluding hydrogens is 593 g/mol. The average molecular weight is 612 g/mol. The van der Waals surface area contributed by atoms with Gasteiger partial charge in [0.1, 0.15) is 28.8 Å². The van der Waals surface area contributed by atoms with Gasteiger partial charge in [-0.3, -0.25) is 14.2 Å². The first kappa shape index (κ1) is 26.0. The quantitative estimate of drug-likeness (QED) is 0.204. The first-order valence-corrected chi connectivity index (χ1v) is 13.0. The summed E-state index contributed by atoms with van der Waals surface area (Å²) in [5.74, 6) is -0.305. The predicted molar refractivity (Wildman–Crippen MR) is 156 cm³/mol. The topological polar surface area (TPSA) is 125 Å². The number of nitrogen functional groups attached to an aromatic ring is 1. The zero-order valence-corrected chi connectivity index (χ0v) is 22.6. The Morgan fingerprint density at radius 3 is 2.54 bits per heavy atom. The molecule has 0 saturated heterocycles. The fourth-order valence-corrected chi connectivity index (χ4v) is 4.88. The zero-order valence-electron chi connectivity index (χ0n) is 21.0. The molecule has 0 unspecified atom stereocenters. The summed E-state index contributed by atoms with van der Waals surface area (Å²) >= 11 is 3.46. The maximum Gasteiger partial charge on any atom is 0.267 e. The number of hydrogen-bond acceptors (Lipinski definition) is 7. The molecule has 3 heterocycles. The minimum Gasteiger partial charge on any atom is -0.438 e. The number of nitrogens with one attached hydrogen (secondary N) is 1. The third-order valence-electron chi connectivity index (χ3n) is 6.21. The first-order valence-electron chi connectivity index (χ1n) is 12.2. The summed E-state index contributed by atoms with van der Waals surface area (Å²) in [6, 6.07) is 22.3. The third-order valence-corrected chi connectivity index (χ3v) is 6.77. The van der Waals surface area contributed by atoms with Gasteiger partial charge in [-0.05, 0) is 94.3 Å². The van der Waals surface area contributed by atoms with E-state index in [0.29, 0.717) is 44.1 Å². The Kier molecular flexibility index (Phi) is 6.78. The van der Waals surface area contributed by atoms with Crippen molar-refractivity contribution in [3.63, 3.8) is 0 Å². The van der Waals surface area contributed by atoms with Crippen LogP contribution in [0.15, 0.2) is 111 Å². The minimum atomic E-state index is -0.590.